The molecule has 108 valence electrons. The maximum Gasteiger partial charge on any atom is 0.165 e. The number of pyridine rings is 1. The number of aromatic nitrogens is 5. The van der Waals surface area contributed by atoms with E-state index in [4.69, 9.17) is 4.98 Å². The average Bonchev–Trinajstić information content (AvgIpc) is 2.88. The van der Waals surface area contributed by atoms with E-state index in [0.29, 0.717) is 0 Å². The fourth-order valence-corrected chi connectivity index (χ4v) is 2.50. The zero-order valence-corrected chi connectivity index (χ0v) is 12.5. The van der Waals surface area contributed by atoms with Crippen molar-refractivity contribution in [2.45, 2.75) is 13.8 Å². The lowest BCUT2D eigenvalue weighted by atomic mass is 10.2. The first kappa shape index (κ1) is 13.5. The minimum atomic E-state index is 0.843. The van der Waals surface area contributed by atoms with Gasteiger partial charge >= 0.3 is 0 Å². The van der Waals surface area contributed by atoms with Gasteiger partial charge in [-0.15, -0.1) is 0 Å². The van der Waals surface area contributed by atoms with Gasteiger partial charge in [0, 0.05) is 38.1 Å². The molecule has 0 aliphatic rings. The lowest BCUT2D eigenvalue weighted by molar-refractivity contribution is 0.846. The van der Waals surface area contributed by atoms with Crippen LogP contribution in [0.3, 0.4) is 0 Å². The van der Waals surface area contributed by atoms with E-state index in [1.54, 1.807) is 18.7 Å². The Morgan fingerprint density at radius 1 is 1.10 bits per heavy atom. The summed E-state index contributed by atoms with van der Waals surface area (Å²) in [7, 11) is 1.98. The quantitative estimate of drug-likeness (QED) is 0.734. The van der Waals surface area contributed by atoms with Gasteiger partial charge in [-0.3, -0.25) is 4.98 Å². The van der Waals surface area contributed by atoms with Gasteiger partial charge in [-0.05, 0) is 26.0 Å². The minimum absolute atomic E-state index is 0.843. The summed E-state index contributed by atoms with van der Waals surface area (Å²) in [4.78, 5) is 19.8. The summed E-state index contributed by atoms with van der Waals surface area (Å²) in [6, 6.07) is 3.90. The highest BCUT2D eigenvalue weighted by atomic mass is 15.2. The molecule has 6 heteroatoms. The predicted molar refractivity (Wildman–Crippen MR) is 83.1 cm³/mol. The Morgan fingerprint density at radius 2 is 1.81 bits per heavy atom. The molecule has 3 aromatic rings. The SMILES string of the molecule is CCN(CC)c1ncnc2c1nc(-c1ccncc1)n2C. The Kier molecular flexibility index (Phi) is 3.51. The molecule has 0 N–H and O–H groups in total. The second-order valence-corrected chi connectivity index (χ2v) is 4.77. The monoisotopic (exact) mass is 282 g/mol. The van der Waals surface area contributed by atoms with Crippen LogP contribution in [-0.2, 0) is 7.05 Å². The van der Waals surface area contributed by atoms with Crippen molar-refractivity contribution in [1.82, 2.24) is 24.5 Å². The van der Waals surface area contributed by atoms with Crippen molar-refractivity contribution in [3.63, 3.8) is 0 Å². The molecule has 6 nitrogen and oxygen atoms in total. The third-order valence-electron chi connectivity index (χ3n) is 3.64. The number of aryl methyl sites for hydroxylation is 1. The lowest BCUT2D eigenvalue weighted by Gasteiger charge is -2.19. The van der Waals surface area contributed by atoms with Gasteiger partial charge in [-0.2, -0.15) is 0 Å². The summed E-state index contributed by atoms with van der Waals surface area (Å²) in [5, 5.41) is 0. The Balaban J connectivity index is 2.22. The minimum Gasteiger partial charge on any atom is -0.355 e. The molecule has 0 aromatic carbocycles. The van der Waals surface area contributed by atoms with Gasteiger partial charge in [0.25, 0.3) is 0 Å². The molecule has 0 bridgehead atoms. The first-order valence-electron chi connectivity index (χ1n) is 7.09. The summed E-state index contributed by atoms with van der Waals surface area (Å²) < 4.78 is 2.00. The van der Waals surface area contributed by atoms with Gasteiger partial charge in [-0.1, -0.05) is 0 Å². The predicted octanol–water partition coefficient (Wildman–Crippen LogP) is 2.27. The second-order valence-electron chi connectivity index (χ2n) is 4.77. The fraction of sp³-hybridized carbons (Fsp3) is 0.333. The number of anilines is 1. The summed E-state index contributed by atoms with van der Waals surface area (Å²) in [6.45, 7) is 6.02. The van der Waals surface area contributed by atoms with Crippen molar-refractivity contribution < 1.29 is 0 Å². The molecule has 0 radical (unpaired) electrons. The van der Waals surface area contributed by atoms with Crippen LogP contribution >= 0.6 is 0 Å². The van der Waals surface area contributed by atoms with Crippen LogP contribution in [0.5, 0.6) is 0 Å². The molecule has 0 spiro atoms. The van der Waals surface area contributed by atoms with Gasteiger partial charge in [0.1, 0.15) is 12.2 Å². The normalized spacial score (nSPS) is 11.0. The van der Waals surface area contributed by atoms with Gasteiger partial charge in [0.2, 0.25) is 0 Å². The van der Waals surface area contributed by atoms with Crippen LogP contribution in [0.25, 0.3) is 22.6 Å². The van der Waals surface area contributed by atoms with E-state index in [9.17, 15) is 0 Å². The third-order valence-corrected chi connectivity index (χ3v) is 3.64. The van der Waals surface area contributed by atoms with Crippen molar-refractivity contribution >= 4 is 17.0 Å². The van der Waals surface area contributed by atoms with Crippen molar-refractivity contribution in [1.29, 1.82) is 0 Å². The van der Waals surface area contributed by atoms with E-state index in [0.717, 1.165) is 41.5 Å². The maximum atomic E-state index is 4.77. The highest BCUT2D eigenvalue weighted by molar-refractivity contribution is 5.86. The first-order chi connectivity index (χ1) is 10.3. The highest BCUT2D eigenvalue weighted by Gasteiger charge is 2.17. The van der Waals surface area contributed by atoms with E-state index in [2.05, 4.69) is 33.7 Å². The Morgan fingerprint density at radius 3 is 2.48 bits per heavy atom. The largest absolute Gasteiger partial charge is 0.355 e. The van der Waals surface area contributed by atoms with Crippen LogP contribution < -0.4 is 4.90 Å². The Bertz CT molecular complexity index is 745. The van der Waals surface area contributed by atoms with Gasteiger partial charge in [-0.25, -0.2) is 15.0 Å². The van der Waals surface area contributed by atoms with Crippen LogP contribution in [0, 0.1) is 0 Å². The number of fused-ring (bicyclic) bond motifs is 1. The molecular formula is C15H18N6. The summed E-state index contributed by atoms with van der Waals surface area (Å²) in [5.74, 6) is 1.77. The van der Waals surface area contributed by atoms with Crippen LogP contribution in [0.2, 0.25) is 0 Å². The zero-order valence-electron chi connectivity index (χ0n) is 12.5. The number of nitrogens with zero attached hydrogens (tertiary/aromatic N) is 6. The highest BCUT2D eigenvalue weighted by Crippen LogP contribution is 2.27. The van der Waals surface area contributed by atoms with Gasteiger partial charge in [0.15, 0.2) is 17.0 Å². The molecule has 0 saturated carbocycles. The van der Waals surface area contributed by atoms with E-state index in [1.807, 2.05) is 23.7 Å². The molecule has 0 fully saturated rings. The Hall–Kier alpha value is -2.50. The van der Waals surface area contributed by atoms with Crippen LogP contribution in [-0.4, -0.2) is 37.6 Å². The summed E-state index contributed by atoms with van der Waals surface area (Å²) >= 11 is 0. The van der Waals surface area contributed by atoms with Crippen molar-refractivity contribution in [3.8, 4) is 11.4 Å². The molecule has 3 aromatic heterocycles. The van der Waals surface area contributed by atoms with Crippen LogP contribution in [0.1, 0.15) is 13.8 Å². The maximum absolute atomic E-state index is 4.77. The molecule has 0 unspecified atom stereocenters. The topological polar surface area (TPSA) is 59.7 Å². The van der Waals surface area contributed by atoms with E-state index in [1.165, 1.54) is 0 Å². The molecule has 0 aliphatic heterocycles. The standard InChI is InChI=1S/C15H18N6/c1-4-21(5-2)15-12-14(17-10-18-15)20(3)13(19-12)11-6-8-16-9-7-11/h6-10H,4-5H2,1-3H3. The molecule has 3 rings (SSSR count). The molecule has 21 heavy (non-hydrogen) atoms. The molecule has 0 atom stereocenters. The van der Waals surface area contributed by atoms with Crippen LogP contribution in [0.4, 0.5) is 5.82 Å². The summed E-state index contributed by atoms with van der Waals surface area (Å²) in [5.41, 5.74) is 2.71. The average molecular weight is 282 g/mol. The van der Waals surface area contributed by atoms with Gasteiger partial charge < -0.3 is 9.47 Å². The smallest absolute Gasteiger partial charge is 0.165 e. The number of rotatable bonds is 4. The summed E-state index contributed by atoms with van der Waals surface area (Å²) in [6.07, 6.45) is 5.14. The lowest BCUT2D eigenvalue weighted by Crippen LogP contribution is -2.23. The zero-order chi connectivity index (χ0) is 14.8. The molecule has 0 saturated heterocycles. The van der Waals surface area contributed by atoms with E-state index in [-0.39, 0.29) is 0 Å². The van der Waals surface area contributed by atoms with E-state index >= 15 is 0 Å². The second kappa shape index (κ2) is 5.47. The number of hydrogen-bond acceptors (Lipinski definition) is 5. The molecule has 3 heterocycles. The third kappa shape index (κ3) is 2.22. The van der Waals surface area contributed by atoms with Crippen molar-refractivity contribution in [2.24, 2.45) is 7.05 Å². The van der Waals surface area contributed by atoms with Gasteiger partial charge in [0.05, 0.1) is 0 Å². The van der Waals surface area contributed by atoms with Crippen LogP contribution in [0.15, 0.2) is 30.9 Å². The first-order valence-corrected chi connectivity index (χ1v) is 7.09. The number of imidazole rings is 1. The fourth-order valence-electron chi connectivity index (χ4n) is 2.50. The Labute approximate surface area is 123 Å². The van der Waals surface area contributed by atoms with Crippen molar-refractivity contribution in [2.75, 3.05) is 18.0 Å². The molecule has 0 aliphatic carbocycles. The number of hydrogen-bond donors (Lipinski definition) is 0. The molecular weight excluding hydrogens is 264 g/mol. The molecule has 0 amide bonds. The van der Waals surface area contributed by atoms with E-state index < -0.39 is 0 Å². The van der Waals surface area contributed by atoms with Crippen molar-refractivity contribution in [3.05, 3.63) is 30.9 Å².